The van der Waals surface area contributed by atoms with Gasteiger partial charge in [-0.3, -0.25) is 43.6 Å². The minimum Gasteiger partial charge on any atom is -0.423 e. The first-order chi connectivity index (χ1) is 19.6. The molecule has 0 unspecified atom stereocenters. The summed E-state index contributed by atoms with van der Waals surface area (Å²) in [5, 5.41) is 5.33. The van der Waals surface area contributed by atoms with Gasteiger partial charge in [-0.2, -0.15) is 0 Å². The van der Waals surface area contributed by atoms with Crippen LogP contribution < -0.4 is 33.1 Å². The topological polar surface area (TPSA) is 193 Å². The van der Waals surface area contributed by atoms with Gasteiger partial charge in [0.1, 0.15) is 0 Å². The Labute approximate surface area is 231 Å². The third kappa shape index (κ3) is 7.75. The second-order valence-electron chi connectivity index (χ2n) is 9.14. The van der Waals surface area contributed by atoms with Gasteiger partial charge in [0.25, 0.3) is 11.1 Å². The van der Waals surface area contributed by atoms with Gasteiger partial charge in [-0.05, 0) is 31.5 Å². The van der Waals surface area contributed by atoms with Crippen molar-refractivity contribution < 1.29 is 14.0 Å². The minimum absolute atomic E-state index is 0.0150. The molecule has 14 nitrogen and oxygen atoms in total. The molecule has 4 N–H and O–H groups in total. The van der Waals surface area contributed by atoms with E-state index in [9.17, 15) is 28.8 Å². The molecule has 0 saturated heterocycles. The molecule has 0 radical (unpaired) electrons. The van der Waals surface area contributed by atoms with Crippen molar-refractivity contribution in [2.75, 3.05) is 10.6 Å². The van der Waals surface area contributed by atoms with Crippen LogP contribution in [0.25, 0.3) is 0 Å². The molecule has 41 heavy (non-hydrogen) atoms. The van der Waals surface area contributed by atoms with Gasteiger partial charge in [0.2, 0.25) is 23.6 Å². The van der Waals surface area contributed by atoms with Gasteiger partial charge in [0.15, 0.2) is 0 Å². The third-order valence-electron chi connectivity index (χ3n) is 5.93. The van der Waals surface area contributed by atoms with Gasteiger partial charge in [0, 0.05) is 73.5 Å². The number of hydrogen-bond donors (Lipinski definition) is 4. The molecule has 1 aromatic carbocycles. The van der Waals surface area contributed by atoms with E-state index in [1.807, 2.05) is 0 Å². The molecule has 0 bridgehead atoms. The fourth-order valence-electron chi connectivity index (χ4n) is 3.69. The van der Waals surface area contributed by atoms with Crippen molar-refractivity contribution in [1.82, 2.24) is 19.1 Å². The number of furan rings is 1. The molecule has 0 aliphatic carbocycles. The summed E-state index contributed by atoms with van der Waals surface area (Å²) < 4.78 is 8.03. The monoisotopic (exact) mass is 561 g/mol. The van der Waals surface area contributed by atoms with Crippen LogP contribution in [0.3, 0.4) is 0 Å². The summed E-state index contributed by atoms with van der Waals surface area (Å²) in [4.78, 5) is 79.7. The molecule has 3 heterocycles. The fraction of sp³-hybridized carbons (Fsp3) is 0.222. The lowest BCUT2D eigenvalue weighted by Crippen LogP contribution is -2.31. The van der Waals surface area contributed by atoms with E-state index in [1.54, 1.807) is 56.5 Å². The van der Waals surface area contributed by atoms with Crippen LogP contribution in [-0.2, 0) is 22.7 Å². The highest BCUT2D eigenvalue weighted by Gasteiger charge is 2.09. The van der Waals surface area contributed by atoms with Crippen LogP contribution in [-0.4, -0.2) is 37.1 Å². The molecule has 212 valence electrons. The summed E-state index contributed by atoms with van der Waals surface area (Å²) in [5.74, 6) is -0.250. The van der Waals surface area contributed by atoms with Crippen molar-refractivity contribution in [2.45, 2.75) is 39.8 Å². The van der Waals surface area contributed by atoms with E-state index in [-0.39, 0.29) is 49.5 Å². The van der Waals surface area contributed by atoms with E-state index >= 15 is 0 Å². The predicted octanol–water partition coefficient (Wildman–Crippen LogP) is 1.40. The number of carbonyl (C=O) groups excluding carboxylic acids is 2. The maximum Gasteiger partial charge on any atom is 0.328 e. The van der Waals surface area contributed by atoms with Gasteiger partial charge in [-0.1, -0.05) is 12.1 Å². The number of aryl methyl sites for hydroxylation is 4. The summed E-state index contributed by atoms with van der Waals surface area (Å²) in [7, 11) is 0. The van der Waals surface area contributed by atoms with E-state index in [1.165, 1.54) is 21.5 Å². The molecule has 2 amide bonds. The second-order valence-corrected chi connectivity index (χ2v) is 9.14. The van der Waals surface area contributed by atoms with E-state index in [2.05, 4.69) is 25.6 Å². The second kappa shape index (κ2) is 12.5. The van der Waals surface area contributed by atoms with Crippen LogP contribution in [0, 0.1) is 13.8 Å². The molecular formula is C27H27N7O7. The quantitative estimate of drug-likeness (QED) is 0.210. The fourth-order valence-corrected chi connectivity index (χ4v) is 3.69. The number of nitrogens with one attached hydrogen (secondary N) is 4. The van der Waals surface area contributed by atoms with E-state index in [0.717, 1.165) is 5.56 Å². The Kier molecular flexibility index (Phi) is 8.72. The maximum atomic E-state index is 12.3. The van der Waals surface area contributed by atoms with E-state index < -0.39 is 22.5 Å². The van der Waals surface area contributed by atoms with Crippen LogP contribution in [0.2, 0.25) is 0 Å². The number of benzene rings is 1. The standard InChI is InChI=1S/C27H27N7O7/c1-16-14-33(26(39)31-24(16)37)11-9-20(35)29-19-5-3-18(4-6-19)13-28-22-7-8-23(41-22)30-21(36)10-12-34-15-17(2)25(38)32-27(34)40/h3-8,13-15H,9-12H2,1-2H3,(H,29,35)(H,30,36)(H,31,37,39)(H,32,38,40). The Morgan fingerprint density at radius 3 is 1.90 bits per heavy atom. The van der Waals surface area contributed by atoms with Gasteiger partial charge in [-0.25, -0.2) is 14.6 Å². The number of hydrogen-bond acceptors (Lipinski definition) is 8. The van der Waals surface area contributed by atoms with Crippen LogP contribution in [0.4, 0.5) is 17.5 Å². The number of aromatic amines is 2. The van der Waals surface area contributed by atoms with Gasteiger partial charge in [0.05, 0.1) is 0 Å². The van der Waals surface area contributed by atoms with Gasteiger partial charge in [-0.15, -0.1) is 0 Å². The molecule has 4 aromatic rings. The van der Waals surface area contributed by atoms with Crippen molar-refractivity contribution in [1.29, 1.82) is 0 Å². The smallest absolute Gasteiger partial charge is 0.328 e. The Morgan fingerprint density at radius 1 is 0.805 bits per heavy atom. The molecule has 0 saturated carbocycles. The lowest BCUT2D eigenvalue weighted by Gasteiger charge is -2.07. The lowest BCUT2D eigenvalue weighted by atomic mass is 10.2. The first kappa shape index (κ1) is 28.5. The highest BCUT2D eigenvalue weighted by Crippen LogP contribution is 2.21. The zero-order valence-corrected chi connectivity index (χ0v) is 22.2. The molecular weight excluding hydrogens is 534 g/mol. The number of carbonyl (C=O) groups is 2. The lowest BCUT2D eigenvalue weighted by molar-refractivity contribution is -0.117. The van der Waals surface area contributed by atoms with Crippen molar-refractivity contribution >= 4 is 35.5 Å². The molecule has 0 spiro atoms. The molecule has 14 heteroatoms. The first-order valence-corrected chi connectivity index (χ1v) is 12.5. The number of H-pyrrole nitrogens is 2. The maximum absolute atomic E-state index is 12.3. The summed E-state index contributed by atoms with van der Waals surface area (Å²) in [6.45, 7) is 3.35. The van der Waals surface area contributed by atoms with Crippen molar-refractivity contribution in [2.24, 2.45) is 4.99 Å². The normalized spacial score (nSPS) is 11.1. The summed E-state index contributed by atoms with van der Waals surface area (Å²) in [6.07, 6.45) is 4.39. The molecule has 4 rings (SSSR count). The van der Waals surface area contributed by atoms with Crippen LogP contribution in [0.15, 0.2) is 77.4 Å². The highest BCUT2D eigenvalue weighted by atomic mass is 16.4. The van der Waals surface area contributed by atoms with Crippen LogP contribution in [0.5, 0.6) is 0 Å². The highest BCUT2D eigenvalue weighted by molar-refractivity contribution is 5.91. The van der Waals surface area contributed by atoms with E-state index in [0.29, 0.717) is 16.8 Å². The Balaban J connectivity index is 1.25. The van der Waals surface area contributed by atoms with Crippen LogP contribution in [0.1, 0.15) is 29.5 Å². The molecule has 0 aliphatic heterocycles. The number of aliphatic imine (C=N–C) groups is 1. The average Bonchev–Trinajstić information content (AvgIpc) is 3.38. The van der Waals surface area contributed by atoms with Gasteiger partial charge >= 0.3 is 11.4 Å². The van der Waals surface area contributed by atoms with Crippen molar-refractivity contribution in [3.05, 3.63) is 107 Å². The summed E-state index contributed by atoms with van der Waals surface area (Å²) in [6, 6.07) is 9.98. The Morgan fingerprint density at radius 2 is 1.34 bits per heavy atom. The molecule has 0 atom stereocenters. The molecule has 3 aromatic heterocycles. The SMILES string of the molecule is Cc1cn(CCC(=O)Nc2ccc(C=Nc3ccc(NC(=O)CCn4cc(C)c(=O)[nH]c4=O)o3)cc2)c(=O)[nH]c1=O. The number of nitrogens with zero attached hydrogens (tertiary/aromatic N) is 3. The van der Waals surface area contributed by atoms with Crippen molar-refractivity contribution in [3.8, 4) is 0 Å². The molecule has 0 fully saturated rings. The Bertz CT molecular complexity index is 1840. The Hall–Kier alpha value is -5.53. The largest absolute Gasteiger partial charge is 0.423 e. The predicted molar refractivity (Wildman–Crippen MR) is 151 cm³/mol. The van der Waals surface area contributed by atoms with Gasteiger partial charge < -0.3 is 9.73 Å². The zero-order valence-electron chi connectivity index (χ0n) is 22.2. The van der Waals surface area contributed by atoms with Crippen molar-refractivity contribution in [3.63, 3.8) is 0 Å². The number of rotatable bonds is 10. The third-order valence-corrected chi connectivity index (χ3v) is 5.93. The van der Waals surface area contributed by atoms with E-state index in [4.69, 9.17) is 4.42 Å². The minimum atomic E-state index is -0.589. The zero-order chi connectivity index (χ0) is 29.5. The summed E-state index contributed by atoms with van der Waals surface area (Å²) in [5.41, 5.74) is -0.0523. The molecule has 0 aliphatic rings. The average molecular weight is 562 g/mol. The number of amides is 2. The number of anilines is 2. The summed E-state index contributed by atoms with van der Waals surface area (Å²) >= 11 is 0. The van der Waals surface area contributed by atoms with Crippen LogP contribution >= 0.6 is 0 Å². The first-order valence-electron chi connectivity index (χ1n) is 12.5. The number of aromatic nitrogens is 4.